The summed E-state index contributed by atoms with van der Waals surface area (Å²) >= 11 is 0. The predicted molar refractivity (Wildman–Crippen MR) is 71.1 cm³/mol. The van der Waals surface area contributed by atoms with Gasteiger partial charge in [-0.25, -0.2) is 0 Å². The molecule has 2 heteroatoms. The first-order valence-corrected chi connectivity index (χ1v) is 7.27. The number of hydrogen-bond acceptors (Lipinski definition) is 2. The van der Waals surface area contributed by atoms with Crippen LogP contribution < -0.4 is 0 Å². The molecule has 0 radical (unpaired) electrons. The minimum absolute atomic E-state index is 0.125. The molecule has 1 fully saturated rings. The summed E-state index contributed by atoms with van der Waals surface area (Å²) in [6.07, 6.45) is 7.76. The highest BCUT2D eigenvalue weighted by molar-refractivity contribution is 5.83. The van der Waals surface area contributed by atoms with Crippen molar-refractivity contribution in [3.8, 4) is 0 Å². The number of ketones is 1. The van der Waals surface area contributed by atoms with Crippen LogP contribution in [0.4, 0.5) is 0 Å². The molecule has 0 N–H and O–H groups in total. The Bertz CT molecular complexity index is 217. The highest BCUT2D eigenvalue weighted by Gasteiger charge is 2.25. The Morgan fingerprint density at radius 2 is 1.94 bits per heavy atom. The van der Waals surface area contributed by atoms with Gasteiger partial charge in [-0.3, -0.25) is 4.79 Å². The first-order valence-electron chi connectivity index (χ1n) is 7.27. The van der Waals surface area contributed by atoms with Gasteiger partial charge in [0.25, 0.3) is 0 Å². The Morgan fingerprint density at radius 1 is 1.29 bits per heavy atom. The van der Waals surface area contributed by atoms with E-state index >= 15 is 0 Å². The minimum atomic E-state index is -0.125. The summed E-state index contributed by atoms with van der Waals surface area (Å²) in [4.78, 5) is 12.1. The van der Waals surface area contributed by atoms with Crippen molar-refractivity contribution in [2.24, 2.45) is 11.8 Å². The predicted octanol–water partition coefficient (Wildman–Crippen LogP) is 3.98. The fourth-order valence-corrected chi connectivity index (χ4v) is 2.64. The van der Waals surface area contributed by atoms with E-state index < -0.39 is 0 Å². The van der Waals surface area contributed by atoms with Crippen molar-refractivity contribution in [2.45, 2.75) is 71.8 Å². The third-order valence-corrected chi connectivity index (χ3v) is 3.51. The lowest BCUT2D eigenvalue weighted by Gasteiger charge is -2.20. The van der Waals surface area contributed by atoms with Gasteiger partial charge in [0, 0.05) is 13.0 Å². The van der Waals surface area contributed by atoms with E-state index in [0.717, 1.165) is 25.4 Å². The molecule has 1 saturated carbocycles. The summed E-state index contributed by atoms with van der Waals surface area (Å²) in [6, 6.07) is 0. The highest BCUT2D eigenvalue weighted by atomic mass is 16.5. The molecular weight excluding hydrogens is 212 g/mol. The van der Waals surface area contributed by atoms with Crippen LogP contribution in [0.3, 0.4) is 0 Å². The smallest absolute Gasteiger partial charge is 0.161 e. The van der Waals surface area contributed by atoms with Crippen LogP contribution in [-0.2, 0) is 9.53 Å². The molecule has 0 spiro atoms. The number of carbonyl (C=O) groups is 1. The van der Waals surface area contributed by atoms with Crippen LogP contribution in [0.15, 0.2) is 0 Å². The van der Waals surface area contributed by atoms with Gasteiger partial charge in [-0.2, -0.15) is 0 Å². The molecule has 0 aromatic carbocycles. The Labute approximate surface area is 106 Å². The SMILES string of the molecule is CCCOC(CC1CCCC1)C(=O)CC(C)C. The zero-order valence-electron chi connectivity index (χ0n) is 11.7. The van der Waals surface area contributed by atoms with Crippen molar-refractivity contribution in [1.82, 2.24) is 0 Å². The lowest BCUT2D eigenvalue weighted by atomic mass is 9.94. The Kier molecular flexibility index (Phi) is 6.79. The zero-order valence-corrected chi connectivity index (χ0v) is 11.7. The summed E-state index contributed by atoms with van der Waals surface area (Å²) in [5.41, 5.74) is 0. The van der Waals surface area contributed by atoms with Crippen molar-refractivity contribution in [1.29, 1.82) is 0 Å². The molecule has 1 aliphatic rings. The molecular formula is C15H28O2. The lowest BCUT2D eigenvalue weighted by Crippen LogP contribution is -2.28. The quantitative estimate of drug-likeness (QED) is 0.641. The van der Waals surface area contributed by atoms with E-state index in [2.05, 4.69) is 20.8 Å². The van der Waals surface area contributed by atoms with Crippen LogP contribution in [0.5, 0.6) is 0 Å². The second-order valence-electron chi connectivity index (χ2n) is 5.81. The van der Waals surface area contributed by atoms with Gasteiger partial charge >= 0.3 is 0 Å². The van der Waals surface area contributed by atoms with Crippen LogP contribution in [0, 0.1) is 11.8 Å². The third-order valence-electron chi connectivity index (χ3n) is 3.51. The topological polar surface area (TPSA) is 26.3 Å². The van der Waals surface area contributed by atoms with E-state index in [1.807, 2.05) is 0 Å². The molecule has 2 nitrogen and oxygen atoms in total. The van der Waals surface area contributed by atoms with Gasteiger partial charge in [0.05, 0.1) is 0 Å². The van der Waals surface area contributed by atoms with E-state index in [-0.39, 0.29) is 6.10 Å². The van der Waals surface area contributed by atoms with Crippen molar-refractivity contribution in [3.05, 3.63) is 0 Å². The Morgan fingerprint density at radius 3 is 2.47 bits per heavy atom. The largest absolute Gasteiger partial charge is 0.370 e. The molecule has 1 unspecified atom stereocenters. The summed E-state index contributed by atoms with van der Waals surface area (Å²) in [5, 5.41) is 0. The molecule has 0 saturated heterocycles. The van der Waals surface area contributed by atoms with Crippen molar-refractivity contribution >= 4 is 5.78 Å². The maximum absolute atomic E-state index is 12.1. The summed E-state index contributed by atoms with van der Waals surface area (Å²) in [6.45, 7) is 7.02. The van der Waals surface area contributed by atoms with E-state index in [9.17, 15) is 4.79 Å². The number of Topliss-reactive ketones (excluding diaryl/α,β-unsaturated/α-hetero) is 1. The van der Waals surface area contributed by atoms with E-state index in [0.29, 0.717) is 18.1 Å². The van der Waals surface area contributed by atoms with Crippen LogP contribution in [-0.4, -0.2) is 18.5 Å². The summed E-state index contributed by atoms with van der Waals surface area (Å²) in [5.74, 6) is 1.49. The van der Waals surface area contributed by atoms with E-state index in [4.69, 9.17) is 4.74 Å². The summed E-state index contributed by atoms with van der Waals surface area (Å²) < 4.78 is 5.77. The fourth-order valence-electron chi connectivity index (χ4n) is 2.64. The van der Waals surface area contributed by atoms with Gasteiger partial charge in [0.2, 0.25) is 0 Å². The third kappa shape index (κ3) is 5.67. The first kappa shape index (κ1) is 14.7. The zero-order chi connectivity index (χ0) is 12.7. The van der Waals surface area contributed by atoms with Crippen molar-refractivity contribution < 1.29 is 9.53 Å². The van der Waals surface area contributed by atoms with Gasteiger partial charge in [-0.05, 0) is 24.7 Å². The Hall–Kier alpha value is -0.370. The molecule has 1 aliphatic carbocycles. The maximum Gasteiger partial charge on any atom is 0.161 e. The molecule has 100 valence electrons. The second kappa shape index (κ2) is 7.86. The molecule has 0 aromatic heterocycles. The van der Waals surface area contributed by atoms with E-state index in [1.165, 1.54) is 25.7 Å². The lowest BCUT2D eigenvalue weighted by molar-refractivity contribution is -0.132. The molecule has 1 atom stereocenters. The van der Waals surface area contributed by atoms with Crippen molar-refractivity contribution in [2.75, 3.05) is 6.61 Å². The first-order chi connectivity index (χ1) is 8.13. The molecule has 0 aliphatic heterocycles. The van der Waals surface area contributed by atoms with Gasteiger partial charge in [-0.15, -0.1) is 0 Å². The average molecular weight is 240 g/mol. The molecule has 0 aromatic rings. The van der Waals surface area contributed by atoms with Crippen LogP contribution in [0.2, 0.25) is 0 Å². The average Bonchev–Trinajstić information content (AvgIpc) is 2.75. The highest BCUT2D eigenvalue weighted by Crippen LogP contribution is 2.30. The van der Waals surface area contributed by atoms with Gasteiger partial charge in [0.15, 0.2) is 5.78 Å². The van der Waals surface area contributed by atoms with Crippen LogP contribution in [0.1, 0.15) is 65.7 Å². The summed E-state index contributed by atoms with van der Waals surface area (Å²) in [7, 11) is 0. The van der Waals surface area contributed by atoms with Crippen LogP contribution >= 0.6 is 0 Å². The Balaban J connectivity index is 2.43. The number of hydrogen-bond donors (Lipinski definition) is 0. The van der Waals surface area contributed by atoms with Crippen LogP contribution in [0.25, 0.3) is 0 Å². The monoisotopic (exact) mass is 240 g/mol. The van der Waals surface area contributed by atoms with Gasteiger partial charge in [0.1, 0.15) is 6.10 Å². The number of rotatable bonds is 8. The van der Waals surface area contributed by atoms with Gasteiger partial charge in [-0.1, -0.05) is 46.5 Å². The number of carbonyl (C=O) groups excluding carboxylic acids is 1. The maximum atomic E-state index is 12.1. The fraction of sp³-hybridized carbons (Fsp3) is 0.933. The molecule has 0 heterocycles. The number of ether oxygens (including phenoxy) is 1. The molecule has 17 heavy (non-hydrogen) atoms. The van der Waals surface area contributed by atoms with Gasteiger partial charge < -0.3 is 4.74 Å². The minimum Gasteiger partial charge on any atom is -0.370 e. The molecule has 1 rings (SSSR count). The standard InChI is InChI=1S/C15H28O2/c1-4-9-17-15(14(16)10-12(2)3)11-13-7-5-6-8-13/h12-13,15H,4-11H2,1-3H3. The molecule has 0 amide bonds. The molecule has 0 bridgehead atoms. The second-order valence-corrected chi connectivity index (χ2v) is 5.81. The van der Waals surface area contributed by atoms with E-state index in [1.54, 1.807) is 0 Å². The van der Waals surface area contributed by atoms with Crippen molar-refractivity contribution in [3.63, 3.8) is 0 Å². The normalized spacial score (nSPS) is 18.8.